The molecule has 46 heavy (non-hydrogen) atoms. The third kappa shape index (κ3) is 35.7. The van der Waals surface area contributed by atoms with E-state index in [9.17, 15) is 0 Å². The summed E-state index contributed by atoms with van der Waals surface area (Å²) in [6.45, 7) is 14.6. The number of nitrogens with zero attached hydrogens (tertiary/aromatic N) is 1. The molecule has 0 aliphatic rings. The molecular weight excluding hydrogens is 562 g/mol. The van der Waals surface area contributed by atoms with Gasteiger partial charge in [0.2, 0.25) is 0 Å². The second kappa shape index (κ2) is 40.0. The third-order valence-electron chi connectivity index (χ3n) is 8.85. The molecule has 0 heterocycles. The Morgan fingerprint density at radius 1 is 0.435 bits per heavy atom. The summed E-state index contributed by atoms with van der Waals surface area (Å²) >= 11 is 0. The van der Waals surface area contributed by atoms with E-state index in [0.29, 0.717) is 0 Å². The molecule has 0 aromatic heterocycles. The van der Waals surface area contributed by atoms with Crippen molar-refractivity contribution in [3.8, 4) is 0 Å². The van der Waals surface area contributed by atoms with Crippen LogP contribution in [0.1, 0.15) is 182 Å². The molecule has 0 rings (SSSR count). The average Bonchev–Trinajstić information content (AvgIpc) is 3.07. The van der Waals surface area contributed by atoms with E-state index >= 15 is 0 Å². The van der Waals surface area contributed by atoms with Crippen LogP contribution in [0.5, 0.6) is 0 Å². The van der Waals surface area contributed by atoms with E-state index in [4.69, 9.17) is 9.47 Å². The van der Waals surface area contributed by atoms with Gasteiger partial charge in [0.15, 0.2) is 0 Å². The van der Waals surface area contributed by atoms with Crippen molar-refractivity contribution in [1.82, 2.24) is 4.90 Å². The highest BCUT2D eigenvalue weighted by atomic mass is 16.5. The Hall–Kier alpha value is -1.16. The Balaban J connectivity index is 3.76. The molecule has 0 aliphatic carbocycles. The first-order valence-corrected chi connectivity index (χ1v) is 20.3. The minimum Gasteiger partial charge on any atom is -0.379 e. The number of unbranched alkanes of at least 4 members (excludes halogenated alkanes) is 18. The van der Waals surface area contributed by atoms with Gasteiger partial charge in [-0.15, -0.1) is 0 Å². The second-order valence-electron chi connectivity index (χ2n) is 13.2. The van der Waals surface area contributed by atoms with Crippen molar-refractivity contribution >= 4 is 0 Å². The molecule has 0 saturated carbocycles. The smallest absolute Gasteiger partial charge is 0.0934 e. The predicted octanol–water partition coefficient (Wildman–Crippen LogP) is 13.4. The van der Waals surface area contributed by atoms with Gasteiger partial charge in [0.25, 0.3) is 0 Å². The highest BCUT2D eigenvalue weighted by molar-refractivity contribution is 4.93. The van der Waals surface area contributed by atoms with E-state index in [0.717, 1.165) is 52.3 Å². The van der Waals surface area contributed by atoms with Gasteiger partial charge in [-0.05, 0) is 90.1 Å². The van der Waals surface area contributed by atoms with Gasteiger partial charge in [0, 0.05) is 19.8 Å². The minimum atomic E-state index is 0.197. The second-order valence-corrected chi connectivity index (χ2v) is 13.2. The zero-order chi connectivity index (χ0) is 33.4. The third-order valence-corrected chi connectivity index (χ3v) is 8.85. The molecule has 0 saturated heterocycles. The molecule has 0 fully saturated rings. The number of likely N-dealkylation sites (N-methyl/N-ethyl adjacent to an activating group) is 1. The van der Waals surface area contributed by atoms with Crippen LogP contribution in [0.15, 0.2) is 48.6 Å². The summed E-state index contributed by atoms with van der Waals surface area (Å²) in [7, 11) is 0. The predicted molar refractivity (Wildman–Crippen MR) is 207 cm³/mol. The molecular formula is C43H81NO2. The number of allylic oxidation sites excluding steroid dienone is 8. The molecule has 1 unspecified atom stereocenters. The molecule has 3 heteroatoms. The summed E-state index contributed by atoms with van der Waals surface area (Å²) in [6, 6.07) is 0. The van der Waals surface area contributed by atoms with Gasteiger partial charge in [0.05, 0.1) is 12.7 Å². The molecule has 0 aromatic carbocycles. The molecule has 0 amide bonds. The highest BCUT2D eigenvalue weighted by Gasteiger charge is 2.13. The molecule has 0 aliphatic heterocycles. The van der Waals surface area contributed by atoms with Gasteiger partial charge < -0.3 is 14.4 Å². The summed E-state index contributed by atoms with van der Waals surface area (Å²) in [6.07, 6.45) is 49.8. The van der Waals surface area contributed by atoms with E-state index in [1.54, 1.807) is 0 Å². The van der Waals surface area contributed by atoms with E-state index < -0.39 is 0 Å². The first kappa shape index (κ1) is 44.8. The Bertz CT molecular complexity index is 678. The monoisotopic (exact) mass is 644 g/mol. The van der Waals surface area contributed by atoms with Gasteiger partial charge in [0.1, 0.15) is 0 Å². The van der Waals surface area contributed by atoms with Gasteiger partial charge in [-0.1, -0.05) is 153 Å². The van der Waals surface area contributed by atoms with E-state index in [1.165, 1.54) is 141 Å². The molecule has 0 spiro atoms. The maximum absolute atomic E-state index is 6.34. The molecule has 0 aromatic rings. The molecule has 0 N–H and O–H groups in total. The lowest BCUT2D eigenvalue weighted by molar-refractivity contribution is -0.0332. The van der Waals surface area contributed by atoms with Crippen molar-refractivity contribution in [2.75, 3.05) is 39.5 Å². The standard InChI is InChI=1S/C43H81NO2/c1-5-9-11-13-15-17-19-21-23-25-27-29-31-33-35-37-39-45-42-43(41-44(7-3)8-4)46-40-38-36-34-32-30-28-26-24-22-20-18-16-14-12-10-6-2/h15-18,21-24,43H,5-14,19-20,25-42H2,1-4H3. The van der Waals surface area contributed by atoms with Crippen LogP contribution >= 0.6 is 0 Å². The van der Waals surface area contributed by atoms with Gasteiger partial charge >= 0.3 is 0 Å². The van der Waals surface area contributed by atoms with Crippen LogP contribution in [-0.2, 0) is 9.47 Å². The van der Waals surface area contributed by atoms with E-state index in [2.05, 4.69) is 81.2 Å². The van der Waals surface area contributed by atoms with Crippen LogP contribution in [0.4, 0.5) is 0 Å². The number of hydrogen-bond donors (Lipinski definition) is 0. The van der Waals surface area contributed by atoms with Crippen LogP contribution in [0, 0.1) is 0 Å². The fraction of sp³-hybridized carbons (Fsp3) is 0.814. The zero-order valence-electron chi connectivity index (χ0n) is 31.7. The lowest BCUT2D eigenvalue weighted by atomic mass is 10.1. The first-order chi connectivity index (χ1) is 22.8. The first-order valence-electron chi connectivity index (χ1n) is 20.3. The van der Waals surface area contributed by atoms with Crippen LogP contribution in [0.25, 0.3) is 0 Å². The molecule has 1 atom stereocenters. The summed E-state index contributed by atoms with van der Waals surface area (Å²) in [4.78, 5) is 2.47. The van der Waals surface area contributed by atoms with Crippen LogP contribution < -0.4 is 0 Å². The lowest BCUT2D eigenvalue weighted by Gasteiger charge is -2.25. The SMILES string of the molecule is CCCCCC=CCC=CCCCCCCCCOCC(CN(CC)CC)OCCCCCCCCC=CCC=CCCCCC. The van der Waals surface area contributed by atoms with Crippen molar-refractivity contribution in [3.63, 3.8) is 0 Å². The minimum absolute atomic E-state index is 0.197. The fourth-order valence-electron chi connectivity index (χ4n) is 5.67. The average molecular weight is 644 g/mol. The fourth-order valence-corrected chi connectivity index (χ4v) is 5.67. The summed E-state index contributed by atoms with van der Waals surface area (Å²) in [5.74, 6) is 0. The van der Waals surface area contributed by atoms with Gasteiger partial charge in [-0.25, -0.2) is 0 Å². The number of rotatable bonds is 37. The molecule has 0 radical (unpaired) electrons. The van der Waals surface area contributed by atoms with E-state index in [1.807, 2.05) is 0 Å². The Morgan fingerprint density at radius 3 is 1.26 bits per heavy atom. The largest absolute Gasteiger partial charge is 0.379 e. The normalized spacial score (nSPS) is 13.2. The Kier molecular flexibility index (Phi) is 39.0. The van der Waals surface area contributed by atoms with Crippen LogP contribution in [0.2, 0.25) is 0 Å². The van der Waals surface area contributed by atoms with Gasteiger partial charge in [-0.2, -0.15) is 0 Å². The maximum Gasteiger partial charge on any atom is 0.0934 e. The topological polar surface area (TPSA) is 21.7 Å². The van der Waals surface area contributed by atoms with E-state index in [-0.39, 0.29) is 6.10 Å². The quantitative estimate of drug-likeness (QED) is 0.0496. The number of hydrogen-bond acceptors (Lipinski definition) is 3. The van der Waals surface area contributed by atoms with Gasteiger partial charge in [-0.3, -0.25) is 0 Å². The van der Waals surface area contributed by atoms with Crippen molar-refractivity contribution in [2.24, 2.45) is 0 Å². The lowest BCUT2D eigenvalue weighted by Crippen LogP contribution is -2.36. The summed E-state index contributed by atoms with van der Waals surface area (Å²) in [5.41, 5.74) is 0. The van der Waals surface area contributed by atoms with Crippen LogP contribution in [0.3, 0.4) is 0 Å². The zero-order valence-corrected chi connectivity index (χ0v) is 31.7. The van der Waals surface area contributed by atoms with Crippen molar-refractivity contribution in [1.29, 1.82) is 0 Å². The molecule has 3 nitrogen and oxygen atoms in total. The van der Waals surface area contributed by atoms with Crippen LogP contribution in [-0.4, -0.2) is 50.5 Å². The molecule has 270 valence electrons. The maximum atomic E-state index is 6.34. The van der Waals surface area contributed by atoms with Crippen molar-refractivity contribution in [3.05, 3.63) is 48.6 Å². The van der Waals surface area contributed by atoms with Crippen molar-refractivity contribution in [2.45, 2.75) is 188 Å². The Morgan fingerprint density at radius 2 is 0.826 bits per heavy atom. The summed E-state index contributed by atoms with van der Waals surface area (Å²) in [5, 5.41) is 0. The number of ether oxygens (including phenoxy) is 2. The Labute approximate surface area is 289 Å². The van der Waals surface area contributed by atoms with Crippen molar-refractivity contribution < 1.29 is 9.47 Å². The highest BCUT2D eigenvalue weighted by Crippen LogP contribution is 2.11. The molecule has 0 bridgehead atoms. The summed E-state index contributed by atoms with van der Waals surface area (Å²) < 4.78 is 12.5.